The van der Waals surface area contributed by atoms with Crippen molar-refractivity contribution in [2.75, 3.05) is 24.5 Å². The highest BCUT2D eigenvalue weighted by molar-refractivity contribution is 5.94. The molecular weight excluding hydrogens is 378 g/mol. The summed E-state index contributed by atoms with van der Waals surface area (Å²) in [5, 5.41) is 3.73. The van der Waals surface area contributed by atoms with Crippen molar-refractivity contribution in [3.8, 4) is 0 Å². The van der Waals surface area contributed by atoms with E-state index in [1.165, 1.54) is 0 Å². The lowest BCUT2D eigenvalue weighted by molar-refractivity contribution is -0.366. The van der Waals surface area contributed by atoms with Gasteiger partial charge in [0.05, 0.1) is 24.2 Å². The van der Waals surface area contributed by atoms with Gasteiger partial charge in [-0.25, -0.2) is 13.8 Å². The van der Waals surface area contributed by atoms with Crippen LogP contribution < -0.4 is 20.9 Å². The van der Waals surface area contributed by atoms with E-state index in [0.29, 0.717) is 25.6 Å². The Balaban J connectivity index is 1.48. The number of nitrogens with two attached hydrogens (primary N) is 1. The SMILES string of the molecule is CCc1c[nH]c2nc[nH+]c(N3CC[C@](N)(CNC(=O)c4ccc(F)cc4F)C3)c12. The maximum atomic E-state index is 13.8. The number of benzene rings is 1. The molecule has 0 saturated carbocycles. The Labute approximate surface area is 166 Å². The molecule has 152 valence electrons. The standard InChI is InChI=1S/C20H22F2N6O/c1-2-12-8-24-17-16(12)18(27-11-26-17)28-6-5-20(23,10-28)9-25-19(29)14-4-3-13(21)7-15(14)22/h3-4,7-8,11H,2,5-6,9-10,23H2,1H3,(H,25,29)(H,24,26,27)/p+1/t20-/m0/s1. The Kier molecular flexibility index (Phi) is 4.91. The van der Waals surface area contributed by atoms with E-state index in [9.17, 15) is 13.6 Å². The van der Waals surface area contributed by atoms with Crippen LogP contribution in [0, 0.1) is 11.6 Å². The van der Waals surface area contributed by atoms with Gasteiger partial charge in [0, 0.05) is 25.2 Å². The van der Waals surface area contributed by atoms with Gasteiger partial charge in [0.2, 0.25) is 17.8 Å². The number of aryl methyl sites for hydroxylation is 1. The molecule has 0 radical (unpaired) electrons. The van der Waals surface area contributed by atoms with Crippen LogP contribution in [0.3, 0.4) is 0 Å². The Hall–Kier alpha value is -3.07. The highest BCUT2D eigenvalue weighted by Gasteiger charge is 2.39. The largest absolute Gasteiger partial charge is 0.350 e. The number of anilines is 1. The van der Waals surface area contributed by atoms with Gasteiger partial charge in [-0.1, -0.05) is 11.9 Å². The molecule has 1 aliphatic heterocycles. The highest BCUT2D eigenvalue weighted by atomic mass is 19.1. The number of nitrogens with zero attached hydrogens (tertiary/aromatic N) is 2. The minimum Gasteiger partial charge on any atom is -0.350 e. The summed E-state index contributed by atoms with van der Waals surface area (Å²) in [6.07, 6.45) is 5.12. The summed E-state index contributed by atoms with van der Waals surface area (Å²) in [5.41, 5.74) is 7.62. The molecule has 4 rings (SSSR count). The first kappa shape index (κ1) is 19.3. The van der Waals surface area contributed by atoms with Crippen LogP contribution in [0.25, 0.3) is 11.0 Å². The maximum absolute atomic E-state index is 13.8. The third kappa shape index (κ3) is 3.65. The summed E-state index contributed by atoms with van der Waals surface area (Å²) in [5.74, 6) is -1.29. The summed E-state index contributed by atoms with van der Waals surface area (Å²) in [4.78, 5) is 25.2. The lowest BCUT2D eigenvalue weighted by atomic mass is 10.00. The van der Waals surface area contributed by atoms with Crippen LogP contribution in [0.4, 0.5) is 14.6 Å². The van der Waals surface area contributed by atoms with Crippen molar-refractivity contribution in [1.29, 1.82) is 0 Å². The van der Waals surface area contributed by atoms with E-state index in [2.05, 4.69) is 32.1 Å². The fourth-order valence-corrected chi connectivity index (χ4v) is 3.83. The Morgan fingerprint density at radius 3 is 3.03 bits per heavy atom. The van der Waals surface area contributed by atoms with Crippen molar-refractivity contribution in [3.05, 3.63) is 53.5 Å². The van der Waals surface area contributed by atoms with Gasteiger partial charge in [-0.15, -0.1) is 0 Å². The quantitative estimate of drug-likeness (QED) is 0.604. The molecule has 1 aromatic carbocycles. The van der Waals surface area contributed by atoms with Gasteiger partial charge in [-0.2, -0.15) is 0 Å². The molecule has 0 aliphatic carbocycles. The van der Waals surface area contributed by atoms with Crippen LogP contribution in [-0.4, -0.2) is 41.0 Å². The van der Waals surface area contributed by atoms with Gasteiger partial charge in [-0.05, 0) is 24.1 Å². The van der Waals surface area contributed by atoms with E-state index >= 15 is 0 Å². The zero-order chi connectivity index (χ0) is 20.6. The number of hydrogen-bond donors (Lipinski definition) is 3. The number of H-pyrrole nitrogens is 2. The van der Waals surface area contributed by atoms with Crippen LogP contribution in [0.5, 0.6) is 0 Å². The lowest BCUT2D eigenvalue weighted by Crippen LogP contribution is -2.52. The molecule has 9 heteroatoms. The summed E-state index contributed by atoms with van der Waals surface area (Å²) >= 11 is 0. The van der Waals surface area contributed by atoms with Crippen molar-refractivity contribution >= 4 is 22.8 Å². The monoisotopic (exact) mass is 401 g/mol. The second kappa shape index (κ2) is 7.40. The van der Waals surface area contributed by atoms with E-state index in [1.54, 1.807) is 6.33 Å². The number of fused-ring (bicyclic) bond motifs is 1. The van der Waals surface area contributed by atoms with Crippen LogP contribution in [0.15, 0.2) is 30.7 Å². The number of hydrogen-bond acceptors (Lipinski definition) is 4. The number of carbonyl (C=O) groups is 1. The molecule has 2 aromatic heterocycles. The molecule has 1 atom stereocenters. The molecule has 1 amide bonds. The van der Waals surface area contributed by atoms with E-state index in [4.69, 9.17) is 5.73 Å². The van der Waals surface area contributed by atoms with E-state index in [1.807, 2.05) is 6.20 Å². The normalized spacial score (nSPS) is 19.1. The predicted molar refractivity (Wildman–Crippen MR) is 104 cm³/mol. The average Bonchev–Trinajstić information content (AvgIpc) is 3.30. The Morgan fingerprint density at radius 2 is 2.28 bits per heavy atom. The van der Waals surface area contributed by atoms with Crippen molar-refractivity contribution in [3.63, 3.8) is 0 Å². The number of aromatic nitrogens is 3. The smallest absolute Gasteiger partial charge is 0.254 e. The minimum atomic E-state index is -0.894. The molecule has 5 N–H and O–H groups in total. The number of aromatic amines is 2. The fourth-order valence-electron chi connectivity index (χ4n) is 3.83. The minimum absolute atomic E-state index is 0.182. The number of carbonyl (C=O) groups excluding carboxylic acids is 1. The van der Waals surface area contributed by atoms with Crippen LogP contribution in [-0.2, 0) is 6.42 Å². The molecular formula is C20H23F2N6O+. The van der Waals surface area contributed by atoms with Crippen LogP contribution in [0.1, 0.15) is 29.3 Å². The Morgan fingerprint density at radius 1 is 1.45 bits per heavy atom. The highest BCUT2D eigenvalue weighted by Crippen LogP contribution is 2.29. The molecule has 3 heterocycles. The van der Waals surface area contributed by atoms with Gasteiger partial charge in [0.25, 0.3) is 5.91 Å². The van der Waals surface area contributed by atoms with Crippen LogP contribution in [0.2, 0.25) is 0 Å². The molecule has 3 aromatic rings. The van der Waals surface area contributed by atoms with Crippen molar-refractivity contribution in [1.82, 2.24) is 15.3 Å². The average molecular weight is 401 g/mol. The molecule has 1 aliphatic rings. The van der Waals surface area contributed by atoms with Crippen molar-refractivity contribution in [2.45, 2.75) is 25.3 Å². The van der Waals surface area contributed by atoms with E-state index < -0.39 is 23.1 Å². The van der Waals surface area contributed by atoms with Crippen molar-refractivity contribution in [2.24, 2.45) is 5.73 Å². The third-order valence-electron chi connectivity index (χ3n) is 5.43. The maximum Gasteiger partial charge on any atom is 0.254 e. The molecule has 1 saturated heterocycles. The molecule has 0 spiro atoms. The first-order valence-corrected chi connectivity index (χ1v) is 9.54. The van der Waals surface area contributed by atoms with E-state index in [-0.39, 0.29) is 12.1 Å². The second-order valence-corrected chi connectivity index (χ2v) is 7.48. The number of halogens is 2. The summed E-state index contributed by atoms with van der Waals surface area (Å²) < 4.78 is 26.9. The van der Waals surface area contributed by atoms with Gasteiger partial charge in [-0.3, -0.25) is 9.69 Å². The van der Waals surface area contributed by atoms with Gasteiger partial charge < -0.3 is 16.0 Å². The fraction of sp³-hybridized carbons (Fsp3) is 0.350. The predicted octanol–water partition coefficient (Wildman–Crippen LogP) is 1.56. The molecule has 29 heavy (non-hydrogen) atoms. The summed E-state index contributed by atoms with van der Waals surface area (Å²) in [6, 6.07) is 2.88. The molecule has 1 fully saturated rings. The number of amides is 1. The molecule has 7 nitrogen and oxygen atoms in total. The second-order valence-electron chi connectivity index (χ2n) is 7.48. The summed E-state index contributed by atoms with van der Waals surface area (Å²) in [6.45, 7) is 3.49. The Bertz CT molecular complexity index is 1070. The zero-order valence-corrected chi connectivity index (χ0v) is 16.1. The third-order valence-corrected chi connectivity index (χ3v) is 5.43. The molecule has 0 unspecified atom stereocenters. The first-order chi connectivity index (χ1) is 13.9. The number of rotatable bonds is 5. The van der Waals surface area contributed by atoms with Gasteiger partial charge >= 0.3 is 0 Å². The lowest BCUT2D eigenvalue weighted by Gasteiger charge is -2.23. The van der Waals surface area contributed by atoms with Gasteiger partial charge in [0.1, 0.15) is 17.0 Å². The van der Waals surface area contributed by atoms with Crippen molar-refractivity contribution < 1.29 is 18.6 Å². The zero-order valence-electron chi connectivity index (χ0n) is 16.1. The van der Waals surface area contributed by atoms with Crippen LogP contribution >= 0.6 is 0 Å². The first-order valence-electron chi connectivity index (χ1n) is 9.54. The van der Waals surface area contributed by atoms with E-state index in [0.717, 1.165) is 41.0 Å². The topological polar surface area (TPSA) is 101 Å². The van der Waals surface area contributed by atoms with Gasteiger partial charge in [0.15, 0.2) is 0 Å². The summed E-state index contributed by atoms with van der Waals surface area (Å²) in [7, 11) is 0. The number of nitrogens with one attached hydrogen (secondary N) is 3. The molecule has 0 bridgehead atoms.